The van der Waals surface area contributed by atoms with Crippen molar-refractivity contribution in [2.45, 2.75) is 143 Å². The number of nitrogens with zero attached hydrogens (tertiary/aromatic N) is 1. The van der Waals surface area contributed by atoms with E-state index >= 15 is 0 Å². The molecule has 0 amide bonds. The van der Waals surface area contributed by atoms with Gasteiger partial charge in [0.2, 0.25) is 0 Å². The standard InChI is InChI=1S/C27H55NO2/c1-4-7-10-18-23-28(24-19-11-8-5-2,25-20-12-9-6-3)26-21-16-14-13-15-17-22-27(29)30/h4-26H2,1-3H3. The van der Waals surface area contributed by atoms with Crippen molar-refractivity contribution >= 4 is 5.97 Å². The summed E-state index contributed by atoms with van der Waals surface area (Å²) in [6, 6.07) is 0. The van der Waals surface area contributed by atoms with E-state index in [1.807, 2.05) is 0 Å². The summed E-state index contributed by atoms with van der Waals surface area (Å²) in [4.78, 5) is 10.5. The van der Waals surface area contributed by atoms with E-state index in [2.05, 4.69) is 20.8 Å². The van der Waals surface area contributed by atoms with Crippen LogP contribution in [0.2, 0.25) is 0 Å². The van der Waals surface area contributed by atoms with Gasteiger partial charge in [-0.1, -0.05) is 78.6 Å². The molecule has 0 aromatic heterocycles. The molecule has 0 radical (unpaired) electrons. The largest absolute Gasteiger partial charge is 0.550 e. The summed E-state index contributed by atoms with van der Waals surface area (Å²) in [7, 11) is 0. The van der Waals surface area contributed by atoms with Gasteiger partial charge in [0.15, 0.2) is 0 Å². The van der Waals surface area contributed by atoms with E-state index in [1.165, 1.54) is 133 Å². The van der Waals surface area contributed by atoms with Gasteiger partial charge in [-0.05, 0) is 64.2 Å². The SMILES string of the molecule is CCCCCC[N+](CCCCCC)(CCCCCC)CCCCCCCCC(=O)[O-]. The van der Waals surface area contributed by atoms with Crippen LogP contribution in [0.25, 0.3) is 0 Å². The minimum atomic E-state index is -0.897. The molecule has 0 aliphatic heterocycles. The summed E-state index contributed by atoms with van der Waals surface area (Å²) in [6.07, 6.45) is 23.7. The zero-order valence-corrected chi connectivity index (χ0v) is 21.0. The van der Waals surface area contributed by atoms with Gasteiger partial charge in [-0.25, -0.2) is 0 Å². The number of carbonyl (C=O) groups excluding carboxylic acids is 1. The van der Waals surface area contributed by atoms with Gasteiger partial charge in [0.25, 0.3) is 0 Å². The molecular formula is C27H55NO2. The number of rotatable bonds is 24. The van der Waals surface area contributed by atoms with Crippen LogP contribution in [0.15, 0.2) is 0 Å². The molecule has 30 heavy (non-hydrogen) atoms. The zero-order valence-electron chi connectivity index (χ0n) is 21.0. The maximum atomic E-state index is 10.5. The second-order valence-electron chi connectivity index (χ2n) is 9.66. The van der Waals surface area contributed by atoms with Gasteiger partial charge in [0, 0.05) is 5.97 Å². The van der Waals surface area contributed by atoms with Crippen LogP contribution >= 0.6 is 0 Å². The summed E-state index contributed by atoms with van der Waals surface area (Å²) in [5.41, 5.74) is 0. The Morgan fingerprint density at radius 3 is 1.13 bits per heavy atom. The molecule has 3 heteroatoms. The summed E-state index contributed by atoms with van der Waals surface area (Å²) in [6.45, 7) is 12.5. The van der Waals surface area contributed by atoms with Crippen molar-refractivity contribution in [3.8, 4) is 0 Å². The zero-order chi connectivity index (χ0) is 22.3. The van der Waals surface area contributed by atoms with Crippen molar-refractivity contribution in [1.82, 2.24) is 0 Å². The summed E-state index contributed by atoms with van der Waals surface area (Å²) in [5.74, 6) is -0.897. The first kappa shape index (κ1) is 29.4. The minimum absolute atomic E-state index is 0.229. The smallest absolute Gasteiger partial charge is 0.0786 e. The highest BCUT2D eigenvalue weighted by atomic mass is 16.4. The Hall–Kier alpha value is -0.570. The Morgan fingerprint density at radius 1 is 0.500 bits per heavy atom. The van der Waals surface area contributed by atoms with Crippen LogP contribution in [0, 0.1) is 0 Å². The Morgan fingerprint density at radius 2 is 0.800 bits per heavy atom. The second-order valence-corrected chi connectivity index (χ2v) is 9.66. The van der Waals surface area contributed by atoms with Crippen molar-refractivity contribution in [3.63, 3.8) is 0 Å². The summed E-state index contributed by atoms with van der Waals surface area (Å²) < 4.78 is 1.38. The molecule has 0 aromatic carbocycles. The van der Waals surface area contributed by atoms with E-state index in [0.717, 1.165) is 12.8 Å². The molecule has 0 aliphatic carbocycles. The third-order valence-electron chi connectivity index (χ3n) is 6.72. The van der Waals surface area contributed by atoms with Crippen LogP contribution < -0.4 is 5.11 Å². The van der Waals surface area contributed by atoms with E-state index in [0.29, 0.717) is 0 Å². The molecule has 180 valence electrons. The van der Waals surface area contributed by atoms with Crippen molar-refractivity contribution < 1.29 is 14.4 Å². The predicted octanol–water partition coefficient (Wildman–Crippen LogP) is 7.02. The lowest BCUT2D eigenvalue weighted by Crippen LogP contribution is -2.50. The first-order valence-electron chi connectivity index (χ1n) is 13.6. The van der Waals surface area contributed by atoms with Gasteiger partial charge in [-0.15, -0.1) is 0 Å². The van der Waals surface area contributed by atoms with Gasteiger partial charge in [0.1, 0.15) is 0 Å². The number of carbonyl (C=O) groups is 1. The van der Waals surface area contributed by atoms with Crippen molar-refractivity contribution in [2.75, 3.05) is 26.2 Å². The Kier molecular flexibility index (Phi) is 21.2. The molecule has 0 N–H and O–H groups in total. The highest BCUT2D eigenvalue weighted by Crippen LogP contribution is 2.20. The van der Waals surface area contributed by atoms with Crippen LogP contribution in [0.5, 0.6) is 0 Å². The van der Waals surface area contributed by atoms with E-state index in [1.54, 1.807) is 0 Å². The van der Waals surface area contributed by atoms with Gasteiger partial charge < -0.3 is 14.4 Å². The van der Waals surface area contributed by atoms with Gasteiger partial charge in [-0.3, -0.25) is 0 Å². The Labute approximate surface area is 189 Å². The number of carboxylic acids is 1. The molecule has 0 heterocycles. The van der Waals surface area contributed by atoms with E-state index < -0.39 is 5.97 Å². The highest BCUT2D eigenvalue weighted by molar-refractivity contribution is 5.63. The number of carboxylic acid groups (broad SMARTS) is 1. The minimum Gasteiger partial charge on any atom is -0.550 e. The van der Waals surface area contributed by atoms with E-state index in [4.69, 9.17) is 0 Å². The first-order valence-corrected chi connectivity index (χ1v) is 13.6. The second kappa shape index (κ2) is 21.7. The van der Waals surface area contributed by atoms with Crippen molar-refractivity contribution in [2.24, 2.45) is 0 Å². The number of aliphatic carboxylic acids is 1. The normalized spacial score (nSPS) is 11.8. The predicted molar refractivity (Wildman–Crippen MR) is 129 cm³/mol. The van der Waals surface area contributed by atoms with Crippen LogP contribution in [0.1, 0.15) is 143 Å². The van der Waals surface area contributed by atoms with Gasteiger partial charge in [0.05, 0.1) is 26.2 Å². The topological polar surface area (TPSA) is 40.1 Å². The molecule has 0 saturated heterocycles. The van der Waals surface area contributed by atoms with Gasteiger partial charge >= 0.3 is 0 Å². The van der Waals surface area contributed by atoms with Crippen LogP contribution in [-0.2, 0) is 4.79 Å². The number of quaternary nitrogens is 1. The first-order chi connectivity index (χ1) is 14.6. The molecule has 0 spiro atoms. The fourth-order valence-corrected chi connectivity index (χ4v) is 4.72. The van der Waals surface area contributed by atoms with Crippen LogP contribution in [0.4, 0.5) is 0 Å². The summed E-state index contributed by atoms with van der Waals surface area (Å²) >= 11 is 0. The van der Waals surface area contributed by atoms with Crippen LogP contribution in [0.3, 0.4) is 0 Å². The molecule has 3 nitrogen and oxygen atoms in total. The fraction of sp³-hybridized carbons (Fsp3) is 0.963. The highest BCUT2D eigenvalue weighted by Gasteiger charge is 2.25. The monoisotopic (exact) mass is 425 g/mol. The molecule has 0 atom stereocenters. The molecule has 0 rings (SSSR count). The molecule has 0 fully saturated rings. The number of hydrogen-bond acceptors (Lipinski definition) is 2. The molecule has 0 aliphatic rings. The molecule has 0 saturated carbocycles. The Bertz CT molecular complexity index is 339. The third kappa shape index (κ3) is 18.2. The lowest BCUT2D eigenvalue weighted by Gasteiger charge is -2.39. The van der Waals surface area contributed by atoms with E-state index in [-0.39, 0.29) is 6.42 Å². The molecule has 0 bridgehead atoms. The van der Waals surface area contributed by atoms with Crippen LogP contribution in [-0.4, -0.2) is 36.6 Å². The number of unbranched alkanes of at least 4 members (excludes halogenated alkanes) is 14. The molecular weight excluding hydrogens is 370 g/mol. The summed E-state index contributed by atoms with van der Waals surface area (Å²) in [5, 5.41) is 10.5. The third-order valence-corrected chi connectivity index (χ3v) is 6.72. The van der Waals surface area contributed by atoms with Crippen molar-refractivity contribution in [1.29, 1.82) is 0 Å². The Balaban J connectivity index is 4.54. The maximum absolute atomic E-state index is 10.5. The average Bonchev–Trinajstić information content (AvgIpc) is 2.73. The fourth-order valence-electron chi connectivity index (χ4n) is 4.72. The van der Waals surface area contributed by atoms with Gasteiger partial charge in [-0.2, -0.15) is 0 Å². The van der Waals surface area contributed by atoms with E-state index in [9.17, 15) is 9.90 Å². The average molecular weight is 426 g/mol. The lowest BCUT2D eigenvalue weighted by molar-refractivity contribution is -0.929. The van der Waals surface area contributed by atoms with Crippen molar-refractivity contribution in [3.05, 3.63) is 0 Å². The molecule has 0 aromatic rings. The molecule has 0 unspecified atom stereocenters. The number of hydrogen-bond donors (Lipinski definition) is 0. The maximum Gasteiger partial charge on any atom is 0.0786 e. The lowest BCUT2D eigenvalue weighted by atomic mass is 10.1. The quantitative estimate of drug-likeness (QED) is 0.123.